The molecule has 0 radical (unpaired) electrons. The van der Waals surface area contributed by atoms with Crippen molar-refractivity contribution < 1.29 is 19.1 Å². The van der Waals surface area contributed by atoms with Gasteiger partial charge in [-0.25, -0.2) is 4.79 Å². The van der Waals surface area contributed by atoms with E-state index in [-0.39, 0.29) is 6.61 Å². The van der Waals surface area contributed by atoms with Crippen LogP contribution in [0.15, 0.2) is 24.3 Å². The summed E-state index contributed by atoms with van der Waals surface area (Å²) >= 11 is 0. The van der Waals surface area contributed by atoms with Gasteiger partial charge in [-0.1, -0.05) is 18.2 Å². The zero-order chi connectivity index (χ0) is 14.8. The highest BCUT2D eigenvalue weighted by molar-refractivity contribution is 5.77. The third-order valence-corrected chi connectivity index (χ3v) is 2.94. The van der Waals surface area contributed by atoms with Crippen LogP contribution < -0.4 is 10.1 Å². The molecule has 108 valence electrons. The van der Waals surface area contributed by atoms with E-state index in [1.54, 1.807) is 20.8 Å². The molecule has 1 aliphatic heterocycles. The molecule has 1 N–H and O–H groups in total. The standard InChI is InChI=1S/C15H19NO4/c1-14(2,3)20-13(18)16-15(9-17)8-11-6-4-5-7-12(11)19-10-15/h4-7,9H,8,10H2,1-3H3,(H,16,18). The highest BCUT2D eigenvalue weighted by atomic mass is 16.6. The summed E-state index contributed by atoms with van der Waals surface area (Å²) < 4.78 is 10.8. The van der Waals surface area contributed by atoms with Gasteiger partial charge in [-0.15, -0.1) is 0 Å². The number of carbonyl (C=O) groups excluding carboxylic acids is 2. The maximum Gasteiger partial charge on any atom is 0.408 e. The predicted octanol–water partition coefficient (Wildman–Crippen LogP) is 2.08. The Balaban J connectivity index is 2.13. The lowest BCUT2D eigenvalue weighted by Crippen LogP contribution is -2.58. The number of ether oxygens (including phenoxy) is 2. The van der Waals surface area contributed by atoms with Crippen LogP contribution in [0.4, 0.5) is 4.79 Å². The van der Waals surface area contributed by atoms with Crippen LogP contribution in [0.5, 0.6) is 5.75 Å². The third-order valence-electron chi connectivity index (χ3n) is 2.94. The van der Waals surface area contributed by atoms with Crippen LogP contribution in [-0.2, 0) is 16.0 Å². The number of nitrogens with one attached hydrogen (secondary N) is 1. The molecule has 1 aromatic carbocycles. The van der Waals surface area contributed by atoms with Gasteiger partial charge in [0.15, 0.2) is 0 Å². The van der Waals surface area contributed by atoms with Crippen LogP contribution in [0.25, 0.3) is 0 Å². The van der Waals surface area contributed by atoms with Gasteiger partial charge in [-0.3, -0.25) is 0 Å². The fourth-order valence-electron chi connectivity index (χ4n) is 2.08. The Hall–Kier alpha value is -2.04. The van der Waals surface area contributed by atoms with Crippen molar-refractivity contribution in [1.29, 1.82) is 0 Å². The molecular formula is C15H19NO4. The van der Waals surface area contributed by atoms with Crippen molar-refractivity contribution in [2.24, 2.45) is 0 Å². The number of benzene rings is 1. The molecule has 0 spiro atoms. The zero-order valence-corrected chi connectivity index (χ0v) is 11.9. The average Bonchev–Trinajstić information content (AvgIpc) is 2.36. The van der Waals surface area contributed by atoms with E-state index in [0.717, 1.165) is 11.3 Å². The van der Waals surface area contributed by atoms with E-state index in [1.165, 1.54) is 0 Å². The molecule has 1 heterocycles. The summed E-state index contributed by atoms with van der Waals surface area (Å²) in [6.07, 6.45) is 0.492. The second-order valence-electron chi connectivity index (χ2n) is 5.97. The Kier molecular flexibility index (Phi) is 3.70. The zero-order valence-electron chi connectivity index (χ0n) is 11.9. The first-order valence-electron chi connectivity index (χ1n) is 6.52. The third kappa shape index (κ3) is 3.29. The van der Waals surface area contributed by atoms with Gasteiger partial charge in [0.05, 0.1) is 0 Å². The second-order valence-corrected chi connectivity index (χ2v) is 5.97. The highest BCUT2D eigenvalue weighted by Gasteiger charge is 2.38. The summed E-state index contributed by atoms with van der Waals surface area (Å²) in [5.41, 5.74) is -0.792. The molecule has 0 aromatic heterocycles. The van der Waals surface area contributed by atoms with Gasteiger partial charge < -0.3 is 19.6 Å². The quantitative estimate of drug-likeness (QED) is 0.841. The monoisotopic (exact) mass is 277 g/mol. The van der Waals surface area contributed by atoms with E-state index in [2.05, 4.69) is 5.32 Å². The average molecular weight is 277 g/mol. The van der Waals surface area contributed by atoms with Crippen LogP contribution >= 0.6 is 0 Å². The minimum absolute atomic E-state index is 0.104. The molecule has 5 nitrogen and oxygen atoms in total. The van der Waals surface area contributed by atoms with E-state index in [4.69, 9.17) is 9.47 Å². The fourth-order valence-corrected chi connectivity index (χ4v) is 2.08. The summed E-state index contributed by atoms with van der Waals surface area (Å²) in [6.45, 7) is 5.42. The number of carbonyl (C=O) groups is 2. The van der Waals surface area contributed by atoms with Crippen molar-refractivity contribution in [2.75, 3.05) is 6.61 Å². The molecule has 1 aromatic rings. The first-order valence-corrected chi connectivity index (χ1v) is 6.52. The molecule has 20 heavy (non-hydrogen) atoms. The molecule has 5 heteroatoms. The van der Waals surface area contributed by atoms with Crippen molar-refractivity contribution in [2.45, 2.75) is 38.3 Å². The van der Waals surface area contributed by atoms with Gasteiger partial charge in [0, 0.05) is 6.42 Å². The second kappa shape index (κ2) is 5.15. The van der Waals surface area contributed by atoms with E-state index in [0.29, 0.717) is 12.7 Å². The van der Waals surface area contributed by atoms with Crippen molar-refractivity contribution in [3.63, 3.8) is 0 Å². The summed E-state index contributed by atoms with van der Waals surface area (Å²) in [5.74, 6) is 0.746. The Morgan fingerprint density at radius 3 is 2.75 bits per heavy atom. The molecule has 0 saturated carbocycles. The topological polar surface area (TPSA) is 64.6 Å². The highest BCUT2D eigenvalue weighted by Crippen LogP contribution is 2.28. The molecule has 2 rings (SSSR count). The summed E-state index contributed by atoms with van der Waals surface area (Å²) in [4.78, 5) is 23.3. The Morgan fingerprint density at radius 1 is 1.40 bits per heavy atom. The van der Waals surface area contributed by atoms with Crippen LogP contribution in [0.3, 0.4) is 0 Å². The van der Waals surface area contributed by atoms with Gasteiger partial charge in [0.2, 0.25) is 0 Å². The Bertz CT molecular complexity index is 521. The van der Waals surface area contributed by atoms with E-state index < -0.39 is 17.2 Å². The molecule has 1 atom stereocenters. The number of alkyl carbamates (subject to hydrolysis) is 1. The summed E-state index contributed by atoms with van der Waals surface area (Å²) in [6, 6.07) is 7.46. The molecule has 0 saturated heterocycles. The largest absolute Gasteiger partial charge is 0.490 e. The smallest absolute Gasteiger partial charge is 0.408 e. The molecule has 0 aliphatic carbocycles. The molecule has 1 aliphatic rings. The molecular weight excluding hydrogens is 258 g/mol. The van der Waals surface area contributed by atoms with Gasteiger partial charge in [0.1, 0.15) is 29.8 Å². The lowest BCUT2D eigenvalue weighted by molar-refractivity contribution is -0.115. The molecule has 0 fully saturated rings. The maximum atomic E-state index is 11.9. The van der Waals surface area contributed by atoms with Crippen molar-refractivity contribution >= 4 is 12.4 Å². The number of para-hydroxylation sites is 1. The lowest BCUT2D eigenvalue weighted by Gasteiger charge is -2.34. The molecule has 1 amide bonds. The number of rotatable bonds is 2. The number of fused-ring (bicyclic) bond motifs is 1. The van der Waals surface area contributed by atoms with Crippen molar-refractivity contribution in [3.05, 3.63) is 29.8 Å². The van der Waals surface area contributed by atoms with Crippen molar-refractivity contribution in [3.8, 4) is 5.75 Å². The molecule has 1 unspecified atom stereocenters. The van der Waals surface area contributed by atoms with Gasteiger partial charge in [-0.2, -0.15) is 0 Å². The Labute approximate surface area is 118 Å². The molecule has 0 bridgehead atoms. The summed E-state index contributed by atoms with van der Waals surface area (Å²) in [5, 5.41) is 2.63. The lowest BCUT2D eigenvalue weighted by atomic mass is 9.90. The van der Waals surface area contributed by atoms with Crippen LogP contribution in [-0.4, -0.2) is 30.1 Å². The first-order chi connectivity index (χ1) is 9.34. The first kappa shape index (κ1) is 14.4. The minimum atomic E-state index is -1.07. The van der Waals surface area contributed by atoms with Crippen molar-refractivity contribution in [1.82, 2.24) is 5.32 Å². The van der Waals surface area contributed by atoms with Gasteiger partial charge in [-0.05, 0) is 32.4 Å². The van der Waals surface area contributed by atoms with E-state index >= 15 is 0 Å². The Morgan fingerprint density at radius 2 is 2.10 bits per heavy atom. The van der Waals surface area contributed by atoms with Gasteiger partial charge in [0.25, 0.3) is 0 Å². The summed E-state index contributed by atoms with van der Waals surface area (Å²) in [7, 11) is 0. The SMILES string of the molecule is CC(C)(C)OC(=O)NC1(C=O)COc2ccccc2C1. The normalized spacial score (nSPS) is 21.4. The number of hydrogen-bond donors (Lipinski definition) is 1. The fraction of sp³-hybridized carbons (Fsp3) is 0.467. The van der Waals surface area contributed by atoms with E-state index in [9.17, 15) is 9.59 Å². The van der Waals surface area contributed by atoms with Crippen LogP contribution in [0.2, 0.25) is 0 Å². The van der Waals surface area contributed by atoms with E-state index in [1.807, 2.05) is 24.3 Å². The number of hydrogen-bond acceptors (Lipinski definition) is 4. The maximum absolute atomic E-state index is 11.9. The number of aldehydes is 1. The van der Waals surface area contributed by atoms with Gasteiger partial charge >= 0.3 is 6.09 Å². The number of amides is 1. The predicted molar refractivity (Wildman–Crippen MR) is 73.8 cm³/mol. The minimum Gasteiger partial charge on any atom is -0.490 e. The van der Waals surface area contributed by atoms with Crippen LogP contribution in [0.1, 0.15) is 26.3 Å². The van der Waals surface area contributed by atoms with Crippen LogP contribution in [0, 0.1) is 0 Å².